The SMILES string of the molecule is CCC(CC)N(CCOC)C(=O)NC[C@H](O)C(=O)O. The Labute approximate surface area is 113 Å². The molecule has 19 heavy (non-hydrogen) atoms. The third-order valence-corrected chi connectivity index (χ3v) is 2.91. The molecule has 0 saturated carbocycles. The van der Waals surface area contributed by atoms with E-state index in [1.807, 2.05) is 13.8 Å². The summed E-state index contributed by atoms with van der Waals surface area (Å²) in [4.78, 5) is 24.1. The lowest BCUT2D eigenvalue weighted by molar-refractivity contribution is -0.146. The molecule has 0 aromatic carbocycles. The number of urea groups is 1. The van der Waals surface area contributed by atoms with Gasteiger partial charge in [0.1, 0.15) is 0 Å². The second-order valence-electron chi connectivity index (χ2n) is 4.20. The van der Waals surface area contributed by atoms with Crippen molar-refractivity contribution in [1.82, 2.24) is 10.2 Å². The molecule has 112 valence electrons. The summed E-state index contributed by atoms with van der Waals surface area (Å²) < 4.78 is 4.96. The first-order valence-electron chi connectivity index (χ1n) is 6.42. The Morgan fingerprint density at radius 3 is 2.32 bits per heavy atom. The Kier molecular flexibility index (Phi) is 8.90. The number of aliphatic carboxylic acids is 1. The van der Waals surface area contributed by atoms with Gasteiger partial charge in [0.25, 0.3) is 0 Å². The number of hydrogen-bond donors (Lipinski definition) is 3. The number of nitrogens with zero attached hydrogens (tertiary/aromatic N) is 1. The Hall–Kier alpha value is -1.34. The number of ether oxygens (including phenoxy) is 1. The summed E-state index contributed by atoms with van der Waals surface area (Å²) in [5.41, 5.74) is 0. The molecule has 0 unspecified atom stereocenters. The maximum Gasteiger partial charge on any atom is 0.334 e. The van der Waals surface area contributed by atoms with Crippen LogP contribution in [0.15, 0.2) is 0 Å². The molecule has 2 amide bonds. The first-order chi connectivity index (χ1) is 8.97. The monoisotopic (exact) mass is 276 g/mol. The van der Waals surface area contributed by atoms with E-state index in [-0.39, 0.29) is 18.6 Å². The van der Waals surface area contributed by atoms with Crippen LogP contribution in [0.4, 0.5) is 4.79 Å². The molecule has 0 rings (SSSR count). The second-order valence-corrected chi connectivity index (χ2v) is 4.20. The van der Waals surface area contributed by atoms with Gasteiger partial charge in [0.2, 0.25) is 0 Å². The summed E-state index contributed by atoms with van der Waals surface area (Å²) in [6.07, 6.45) is 0.0134. The van der Waals surface area contributed by atoms with Crippen molar-refractivity contribution in [3.63, 3.8) is 0 Å². The van der Waals surface area contributed by atoms with Gasteiger partial charge in [-0.15, -0.1) is 0 Å². The van der Waals surface area contributed by atoms with Crippen molar-refractivity contribution in [2.45, 2.75) is 38.8 Å². The zero-order valence-corrected chi connectivity index (χ0v) is 11.8. The summed E-state index contributed by atoms with van der Waals surface area (Å²) in [5, 5.41) is 20.1. The van der Waals surface area contributed by atoms with Crippen LogP contribution in [0.25, 0.3) is 0 Å². The fourth-order valence-electron chi connectivity index (χ4n) is 1.74. The van der Waals surface area contributed by atoms with Crippen LogP contribution in [0.2, 0.25) is 0 Å². The maximum atomic E-state index is 12.0. The van der Waals surface area contributed by atoms with E-state index in [1.165, 1.54) is 0 Å². The van der Waals surface area contributed by atoms with Gasteiger partial charge >= 0.3 is 12.0 Å². The summed E-state index contributed by atoms with van der Waals surface area (Å²) in [7, 11) is 1.55. The van der Waals surface area contributed by atoms with E-state index in [0.717, 1.165) is 12.8 Å². The average molecular weight is 276 g/mol. The van der Waals surface area contributed by atoms with E-state index in [2.05, 4.69) is 5.32 Å². The van der Waals surface area contributed by atoms with Crippen molar-refractivity contribution in [3.05, 3.63) is 0 Å². The highest BCUT2D eigenvalue weighted by atomic mass is 16.5. The molecule has 3 N–H and O–H groups in total. The van der Waals surface area contributed by atoms with Gasteiger partial charge < -0.3 is 25.2 Å². The van der Waals surface area contributed by atoms with Gasteiger partial charge in [-0.2, -0.15) is 0 Å². The van der Waals surface area contributed by atoms with Gasteiger partial charge in [0.05, 0.1) is 13.2 Å². The number of hydrogen-bond acceptors (Lipinski definition) is 4. The summed E-state index contributed by atoms with van der Waals surface area (Å²) in [6.45, 7) is 4.49. The van der Waals surface area contributed by atoms with Gasteiger partial charge in [0.15, 0.2) is 6.10 Å². The van der Waals surface area contributed by atoms with Gasteiger partial charge in [-0.05, 0) is 12.8 Å². The molecule has 7 heteroatoms. The molecule has 0 heterocycles. The van der Waals surface area contributed by atoms with E-state index >= 15 is 0 Å². The molecular weight excluding hydrogens is 252 g/mol. The summed E-state index contributed by atoms with van der Waals surface area (Å²) in [6, 6.07) is -0.317. The number of carbonyl (C=O) groups excluding carboxylic acids is 1. The normalized spacial score (nSPS) is 12.3. The summed E-state index contributed by atoms with van der Waals surface area (Å²) in [5.74, 6) is -1.36. The number of carboxylic acids is 1. The predicted molar refractivity (Wildman–Crippen MR) is 70.0 cm³/mol. The lowest BCUT2D eigenvalue weighted by Gasteiger charge is -2.30. The highest BCUT2D eigenvalue weighted by Crippen LogP contribution is 2.08. The van der Waals surface area contributed by atoms with Crippen LogP contribution in [0.3, 0.4) is 0 Å². The first kappa shape index (κ1) is 17.7. The Balaban J connectivity index is 4.48. The molecule has 1 atom stereocenters. The summed E-state index contributed by atoms with van der Waals surface area (Å²) >= 11 is 0. The van der Waals surface area contributed by atoms with Crippen LogP contribution < -0.4 is 5.32 Å². The lowest BCUT2D eigenvalue weighted by Crippen LogP contribution is -2.49. The van der Waals surface area contributed by atoms with Gasteiger partial charge in [-0.1, -0.05) is 13.8 Å². The van der Waals surface area contributed by atoms with Gasteiger partial charge in [-0.25, -0.2) is 9.59 Å². The third-order valence-electron chi connectivity index (χ3n) is 2.91. The maximum absolute atomic E-state index is 12.0. The number of aliphatic hydroxyl groups is 1. The number of nitrogens with one attached hydrogen (secondary N) is 1. The lowest BCUT2D eigenvalue weighted by atomic mass is 10.1. The van der Waals surface area contributed by atoms with Crippen molar-refractivity contribution in [1.29, 1.82) is 0 Å². The second kappa shape index (κ2) is 9.57. The van der Waals surface area contributed by atoms with Crippen LogP contribution in [0.1, 0.15) is 26.7 Å². The van der Waals surface area contributed by atoms with Crippen LogP contribution in [-0.2, 0) is 9.53 Å². The van der Waals surface area contributed by atoms with Crippen LogP contribution in [0, 0.1) is 0 Å². The van der Waals surface area contributed by atoms with Crippen LogP contribution in [-0.4, -0.2) is 66.1 Å². The number of carbonyl (C=O) groups is 2. The number of rotatable bonds is 9. The van der Waals surface area contributed by atoms with E-state index in [4.69, 9.17) is 14.9 Å². The van der Waals surface area contributed by atoms with E-state index in [9.17, 15) is 9.59 Å². The molecule has 0 saturated heterocycles. The minimum absolute atomic E-state index is 0.0668. The highest BCUT2D eigenvalue weighted by Gasteiger charge is 2.22. The van der Waals surface area contributed by atoms with Crippen molar-refractivity contribution >= 4 is 12.0 Å². The van der Waals surface area contributed by atoms with Gasteiger partial charge in [0, 0.05) is 19.7 Å². The standard InChI is InChI=1S/C12H24N2O5/c1-4-9(5-2)14(6-7-19-3)12(18)13-8-10(15)11(16)17/h9-10,15H,4-8H2,1-3H3,(H,13,18)(H,16,17)/t10-/m0/s1. The molecule has 0 bridgehead atoms. The molecule has 0 aliphatic rings. The molecule has 0 radical (unpaired) electrons. The van der Waals surface area contributed by atoms with E-state index in [0.29, 0.717) is 13.2 Å². The van der Waals surface area contributed by atoms with Crippen molar-refractivity contribution in [2.24, 2.45) is 0 Å². The Morgan fingerprint density at radius 1 is 1.32 bits per heavy atom. The molecule has 7 nitrogen and oxygen atoms in total. The Bertz CT molecular complexity index is 281. The van der Waals surface area contributed by atoms with E-state index in [1.54, 1.807) is 12.0 Å². The number of aliphatic hydroxyl groups excluding tert-OH is 1. The average Bonchev–Trinajstić information content (AvgIpc) is 2.40. The predicted octanol–water partition coefficient (Wildman–Crippen LogP) is 0.279. The molecule has 0 spiro atoms. The molecular formula is C12H24N2O5. The molecule has 0 aliphatic carbocycles. The molecule has 0 fully saturated rings. The minimum atomic E-state index is -1.59. The third kappa shape index (κ3) is 6.40. The highest BCUT2D eigenvalue weighted by molar-refractivity contribution is 5.77. The first-order valence-corrected chi connectivity index (χ1v) is 6.42. The van der Waals surface area contributed by atoms with E-state index < -0.39 is 12.1 Å². The van der Waals surface area contributed by atoms with Crippen LogP contribution in [0.5, 0.6) is 0 Å². The van der Waals surface area contributed by atoms with Crippen molar-refractivity contribution in [3.8, 4) is 0 Å². The zero-order chi connectivity index (χ0) is 14.8. The van der Waals surface area contributed by atoms with Crippen molar-refractivity contribution < 1.29 is 24.5 Å². The smallest absolute Gasteiger partial charge is 0.334 e. The number of methoxy groups -OCH3 is 1. The van der Waals surface area contributed by atoms with Gasteiger partial charge in [-0.3, -0.25) is 0 Å². The quantitative estimate of drug-likeness (QED) is 0.561. The topological polar surface area (TPSA) is 99.1 Å². The van der Waals surface area contributed by atoms with Crippen molar-refractivity contribution in [2.75, 3.05) is 26.8 Å². The molecule has 0 aromatic heterocycles. The van der Waals surface area contributed by atoms with Crippen LogP contribution >= 0.6 is 0 Å². The zero-order valence-electron chi connectivity index (χ0n) is 11.8. The molecule has 0 aromatic rings. The largest absolute Gasteiger partial charge is 0.479 e. The molecule has 0 aliphatic heterocycles. The number of amides is 2. The fraction of sp³-hybridized carbons (Fsp3) is 0.833. The number of carboxylic acid groups (broad SMARTS) is 1. The Morgan fingerprint density at radius 2 is 1.89 bits per heavy atom. The minimum Gasteiger partial charge on any atom is -0.479 e. The fourth-order valence-corrected chi connectivity index (χ4v) is 1.74.